The van der Waals surface area contributed by atoms with E-state index in [1.807, 2.05) is 0 Å². The molecule has 2 unspecified atom stereocenters. The lowest BCUT2D eigenvalue weighted by Crippen LogP contribution is -2.51. The lowest BCUT2D eigenvalue weighted by atomic mass is 9.84. The summed E-state index contributed by atoms with van der Waals surface area (Å²) < 4.78 is 0. The molecule has 0 saturated heterocycles. The first kappa shape index (κ1) is 15.9. The Labute approximate surface area is 113 Å². The Morgan fingerprint density at radius 2 is 2.11 bits per heavy atom. The fourth-order valence-corrected chi connectivity index (χ4v) is 2.69. The normalized spacial score (nSPS) is 21.7. The number of hydrogen-bond donors (Lipinski definition) is 2. The molecule has 1 saturated carbocycles. The molecule has 3 nitrogen and oxygen atoms in total. The van der Waals surface area contributed by atoms with Gasteiger partial charge in [-0.2, -0.15) is 0 Å². The van der Waals surface area contributed by atoms with Crippen molar-refractivity contribution < 1.29 is 5.11 Å². The maximum Gasteiger partial charge on any atom is 0.0611 e. The molecule has 108 valence electrons. The van der Waals surface area contributed by atoms with Gasteiger partial charge in [-0.3, -0.25) is 0 Å². The highest BCUT2D eigenvalue weighted by Gasteiger charge is 2.28. The predicted molar refractivity (Wildman–Crippen MR) is 77.8 cm³/mol. The molecule has 18 heavy (non-hydrogen) atoms. The van der Waals surface area contributed by atoms with Gasteiger partial charge in [0.25, 0.3) is 0 Å². The highest BCUT2D eigenvalue weighted by Crippen LogP contribution is 2.28. The van der Waals surface area contributed by atoms with Crippen LogP contribution in [0, 0.1) is 5.92 Å². The van der Waals surface area contributed by atoms with E-state index in [0.29, 0.717) is 6.04 Å². The molecular weight excluding hydrogens is 224 g/mol. The fourth-order valence-electron chi connectivity index (χ4n) is 2.69. The van der Waals surface area contributed by atoms with Gasteiger partial charge in [-0.15, -0.1) is 0 Å². The molecule has 0 aromatic carbocycles. The van der Waals surface area contributed by atoms with E-state index >= 15 is 0 Å². The number of nitrogens with one attached hydrogen (secondary N) is 1. The monoisotopic (exact) mass is 256 g/mol. The molecule has 0 aromatic heterocycles. The van der Waals surface area contributed by atoms with Crippen LogP contribution in [0.15, 0.2) is 0 Å². The molecule has 3 heteroatoms. The number of aliphatic hydroxyl groups excluding tert-OH is 1. The molecule has 2 atom stereocenters. The molecule has 1 rings (SSSR count). The van der Waals surface area contributed by atoms with Crippen molar-refractivity contribution in [2.45, 2.75) is 64.5 Å². The zero-order chi connectivity index (χ0) is 13.6. The Kier molecular flexibility index (Phi) is 6.61. The predicted octanol–water partition coefficient (Wildman–Crippen LogP) is 2.25. The maximum absolute atomic E-state index is 9.60. The molecule has 1 aliphatic rings. The summed E-state index contributed by atoms with van der Waals surface area (Å²) in [5.74, 6) is 0.918. The molecule has 0 bridgehead atoms. The summed E-state index contributed by atoms with van der Waals surface area (Å²) in [7, 11) is 2.22. The van der Waals surface area contributed by atoms with E-state index < -0.39 is 0 Å². The van der Waals surface area contributed by atoms with Gasteiger partial charge in [0.15, 0.2) is 0 Å². The summed E-state index contributed by atoms with van der Waals surface area (Å²) in [5.41, 5.74) is -0.136. The van der Waals surface area contributed by atoms with Crippen LogP contribution >= 0.6 is 0 Å². The molecule has 0 radical (unpaired) electrons. The Balaban J connectivity index is 2.36. The van der Waals surface area contributed by atoms with Gasteiger partial charge < -0.3 is 15.3 Å². The highest BCUT2D eigenvalue weighted by molar-refractivity contribution is 4.87. The maximum atomic E-state index is 9.60. The van der Waals surface area contributed by atoms with E-state index in [0.717, 1.165) is 25.3 Å². The van der Waals surface area contributed by atoms with E-state index in [4.69, 9.17) is 0 Å². The van der Waals surface area contributed by atoms with E-state index in [1.165, 1.54) is 25.8 Å². The summed E-state index contributed by atoms with van der Waals surface area (Å²) in [6.07, 6.45) is 6.35. The van der Waals surface area contributed by atoms with Crippen molar-refractivity contribution >= 4 is 0 Å². The van der Waals surface area contributed by atoms with E-state index in [1.54, 1.807) is 0 Å². The van der Waals surface area contributed by atoms with Gasteiger partial charge in [0.1, 0.15) is 0 Å². The topological polar surface area (TPSA) is 35.5 Å². The minimum Gasteiger partial charge on any atom is -0.394 e. The summed E-state index contributed by atoms with van der Waals surface area (Å²) in [6.45, 7) is 8.99. The van der Waals surface area contributed by atoms with E-state index in [2.05, 4.69) is 38.0 Å². The third-order valence-corrected chi connectivity index (χ3v) is 4.42. The van der Waals surface area contributed by atoms with Crippen molar-refractivity contribution in [2.24, 2.45) is 5.92 Å². The first-order valence-electron chi connectivity index (χ1n) is 7.57. The highest BCUT2D eigenvalue weighted by atomic mass is 16.3. The SMILES string of the molecule is CCCNC(C)(CO)CC(C)N(C)CC1CCC1. The molecule has 0 heterocycles. The van der Waals surface area contributed by atoms with Crippen LogP contribution < -0.4 is 5.32 Å². The minimum absolute atomic E-state index is 0.136. The van der Waals surface area contributed by atoms with Crippen molar-refractivity contribution in [3.63, 3.8) is 0 Å². The number of aliphatic hydroxyl groups is 1. The van der Waals surface area contributed by atoms with Crippen molar-refractivity contribution in [1.29, 1.82) is 0 Å². The quantitative estimate of drug-likeness (QED) is 0.664. The van der Waals surface area contributed by atoms with Crippen LogP contribution in [-0.4, -0.2) is 48.3 Å². The van der Waals surface area contributed by atoms with Gasteiger partial charge in [0, 0.05) is 18.1 Å². The van der Waals surface area contributed by atoms with Crippen LogP contribution in [0.5, 0.6) is 0 Å². The second kappa shape index (κ2) is 7.46. The minimum atomic E-state index is -0.136. The largest absolute Gasteiger partial charge is 0.394 e. The molecular formula is C15H32N2O. The Bertz CT molecular complexity index is 231. The number of hydrogen-bond acceptors (Lipinski definition) is 3. The summed E-state index contributed by atoms with van der Waals surface area (Å²) in [4.78, 5) is 2.46. The zero-order valence-corrected chi connectivity index (χ0v) is 12.7. The molecule has 2 N–H and O–H groups in total. The summed E-state index contributed by atoms with van der Waals surface area (Å²) >= 11 is 0. The van der Waals surface area contributed by atoms with Crippen molar-refractivity contribution in [3.8, 4) is 0 Å². The van der Waals surface area contributed by atoms with Crippen molar-refractivity contribution in [3.05, 3.63) is 0 Å². The molecule has 1 fully saturated rings. The van der Waals surface area contributed by atoms with Gasteiger partial charge >= 0.3 is 0 Å². The van der Waals surface area contributed by atoms with E-state index in [-0.39, 0.29) is 12.1 Å². The van der Waals surface area contributed by atoms with Gasteiger partial charge in [0.2, 0.25) is 0 Å². The van der Waals surface area contributed by atoms with Crippen molar-refractivity contribution in [1.82, 2.24) is 10.2 Å². The van der Waals surface area contributed by atoms with Gasteiger partial charge in [0.05, 0.1) is 6.61 Å². The zero-order valence-electron chi connectivity index (χ0n) is 12.7. The molecule has 1 aliphatic carbocycles. The van der Waals surface area contributed by atoms with Crippen LogP contribution in [0.25, 0.3) is 0 Å². The number of nitrogens with zero attached hydrogens (tertiary/aromatic N) is 1. The Hall–Kier alpha value is -0.120. The second-order valence-corrected chi connectivity index (χ2v) is 6.44. The molecule has 0 amide bonds. The van der Waals surface area contributed by atoms with Crippen LogP contribution in [-0.2, 0) is 0 Å². The lowest BCUT2D eigenvalue weighted by molar-refractivity contribution is 0.108. The average Bonchev–Trinajstić information content (AvgIpc) is 2.30. The van der Waals surface area contributed by atoms with Crippen LogP contribution in [0.4, 0.5) is 0 Å². The smallest absolute Gasteiger partial charge is 0.0611 e. The lowest BCUT2D eigenvalue weighted by Gasteiger charge is -2.38. The van der Waals surface area contributed by atoms with Crippen molar-refractivity contribution in [2.75, 3.05) is 26.7 Å². The van der Waals surface area contributed by atoms with Gasteiger partial charge in [-0.25, -0.2) is 0 Å². The Morgan fingerprint density at radius 3 is 2.56 bits per heavy atom. The third-order valence-electron chi connectivity index (χ3n) is 4.42. The second-order valence-electron chi connectivity index (χ2n) is 6.44. The van der Waals surface area contributed by atoms with E-state index in [9.17, 15) is 5.11 Å². The molecule has 0 aliphatic heterocycles. The van der Waals surface area contributed by atoms with Crippen LogP contribution in [0.2, 0.25) is 0 Å². The summed E-state index contributed by atoms with van der Waals surface area (Å²) in [6, 6.07) is 0.520. The standard InChI is InChI=1S/C15H32N2O/c1-5-9-16-15(3,12-18)10-13(2)17(4)11-14-7-6-8-14/h13-14,16,18H,5-12H2,1-4H3. The van der Waals surface area contributed by atoms with Gasteiger partial charge in [-0.1, -0.05) is 13.3 Å². The fraction of sp³-hybridized carbons (Fsp3) is 1.00. The Morgan fingerprint density at radius 1 is 1.44 bits per heavy atom. The molecule has 0 aromatic rings. The third kappa shape index (κ3) is 4.87. The first-order valence-corrected chi connectivity index (χ1v) is 7.57. The van der Waals surface area contributed by atoms with Crippen LogP contribution in [0.1, 0.15) is 52.9 Å². The van der Waals surface area contributed by atoms with Crippen LogP contribution in [0.3, 0.4) is 0 Å². The average molecular weight is 256 g/mol. The van der Waals surface area contributed by atoms with Gasteiger partial charge in [-0.05, 0) is 59.0 Å². The first-order chi connectivity index (χ1) is 8.50. The number of rotatable bonds is 9. The molecule has 0 spiro atoms. The summed E-state index contributed by atoms with van der Waals surface area (Å²) in [5, 5.41) is 13.1.